The van der Waals surface area contributed by atoms with E-state index in [0.717, 1.165) is 38.9 Å². The molecule has 0 saturated carbocycles. The predicted molar refractivity (Wildman–Crippen MR) is 96.3 cm³/mol. The zero-order valence-electron chi connectivity index (χ0n) is 14.9. The van der Waals surface area contributed by atoms with Gasteiger partial charge in [0.05, 0.1) is 7.11 Å². The van der Waals surface area contributed by atoms with Gasteiger partial charge in [0.2, 0.25) is 0 Å². The molecular weight excluding hydrogens is 306 g/mol. The molecule has 24 heavy (non-hydrogen) atoms. The molecule has 0 atom stereocenters. The quantitative estimate of drug-likeness (QED) is 0.508. The molecule has 134 valence electrons. The Bertz CT molecular complexity index is 497. The van der Waals surface area contributed by atoms with E-state index < -0.39 is 11.8 Å². The second-order valence-corrected chi connectivity index (χ2v) is 5.63. The molecule has 1 aromatic carbocycles. The summed E-state index contributed by atoms with van der Waals surface area (Å²) in [4.78, 5) is 26.0. The fourth-order valence-corrected chi connectivity index (χ4v) is 2.41. The van der Waals surface area contributed by atoms with Crippen LogP contribution in [0.15, 0.2) is 24.3 Å². The van der Waals surface area contributed by atoms with Crippen LogP contribution in [0.4, 0.5) is 5.69 Å². The van der Waals surface area contributed by atoms with E-state index in [4.69, 9.17) is 4.74 Å². The summed E-state index contributed by atoms with van der Waals surface area (Å²) in [5, 5.41) is 5.23. The second-order valence-electron chi connectivity index (χ2n) is 5.63. The molecule has 0 aliphatic rings. The molecule has 0 unspecified atom stereocenters. The number of carbonyl (C=O) groups is 2. The Kier molecular flexibility index (Phi) is 9.53. The molecule has 2 amide bonds. The maximum Gasteiger partial charge on any atom is 0.313 e. The predicted octanol–water partition coefficient (Wildman–Crippen LogP) is 2.26. The summed E-state index contributed by atoms with van der Waals surface area (Å²) < 4.78 is 5.04. The van der Waals surface area contributed by atoms with Gasteiger partial charge < -0.3 is 20.3 Å². The lowest BCUT2D eigenvalue weighted by Crippen LogP contribution is -2.37. The van der Waals surface area contributed by atoms with Crippen molar-refractivity contribution in [2.75, 3.05) is 38.6 Å². The second kappa shape index (κ2) is 11.5. The first-order chi connectivity index (χ1) is 11.6. The van der Waals surface area contributed by atoms with Crippen LogP contribution in [0, 0.1) is 0 Å². The van der Waals surface area contributed by atoms with E-state index in [9.17, 15) is 9.59 Å². The number of ether oxygens (including phenoxy) is 1. The number of rotatable bonds is 10. The highest BCUT2D eigenvalue weighted by Gasteiger charge is 2.13. The first-order valence-corrected chi connectivity index (χ1v) is 8.56. The molecule has 0 heterocycles. The topological polar surface area (TPSA) is 70.7 Å². The maximum atomic E-state index is 11.8. The molecule has 0 aliphatic heterocycles. The van der Waals surface area contributed by atoms with Crippen LogP contribution in [-0.4, -0.2) is 50.0 Å². The molecule has 0 aliphatic carbocycles. The standard InChI is InChI=1S/C18H29N3O3/c1-4-12-21(13-5-2)14-6-11-19-17(22)18(23)20-15-7-9-16(24-3)10-8-15/h7-10H,4-6,11-14H2,1-3H3,(H,19,22)(H,20,23). The number of hydrogen-bond donors (Lipinski definition) is 2. The third kappa shape index (κ3) is 7.46. The summed E-state index contributed by atoms with van der Waals surface area (Å²) in [7, 11) is 1.57. The van der Waals surface area contributed by atoms with Crippen LogP contribution in [0.2, 0.25) is 0 Å². The van der Waals surface area contributed by atoms with Crippen molar-refractivity contribution in [3.8, 4) is 5.75 Å². The van der Waals surface area contributed by atoms with Gasteiger partial charge in [-0.2, -0.15) is 0 Å². The molecule has 0 aromatic heterocycles. The van der Waals surface area contributed by atoms with E-state index in [1.165, 1.54) is 0 Å². The smallest absolute Gasteiger partial charge is 0.313 e. The molecule has 1 aromatic rings. The van der Waals surface area contributed by atoms with Crippen LogP contribution in [0.1, 0.15) is 33.1 Å². The van der Waals surface area contributed by atoms with Crippen molar-refractivity contribution in [2.24, 2.45) is 0 Å². The largest absolute Gasteiger partial charge is 0.497 e. The summed E-state index contributed by atoms with van der Waals surface area (Å²) >= 11 is 0. The summed E-state index contributed by atoms with van der Waals surface area (Å²) in [6, 6.07) is 6.84. The zero-order chi connectivity index (χ0) is 17.8. The van der Waals surface area contributed by atoms with Crippen LogP contribution in [0.25, 0.3) is 0 Å². The van der Waals surface area contributed by atoms with Crippen molar-refractivity contribution in [1.29, 1.82) is 0 Å². The number of carbonyl (C=O) groups excluding carboxylic acids is 2. The van der Waals surface area contributed by atoms with Gasteiger partial charge in [-0.25, -0.2) is 0 Å². The third-order valence-corrected chi connectivity index (χ3v) is 3.57. The molecule has 0 spiro atoms. The molecule has 6 heteroatoms. The fraction of sp³-hybridized carbons (Fsp3) is 0.556. The van der Waals surface area contributed by atoms with Gasteiger partial charge >= 0.3 is 11.8 Å². The molecule has 0 fully saturated rings. The van der Waals surface area contributed by atoms with Gasteiger partial charge in [0.1, 0.15) is 5.75 Å². The fourth-order valence-electron chi connectivity index (χ4n) is 2.41. The minimum absolute atomic E-state index is 0.499. The first-order valence-electron chi connectivity index (χ1n) is 8.56. The minimum Gasteiger partial charge on any atom is -0.497 e. The van der Waals surface area contributed by atoms with Gasteiger partial charge in [0, 0.05) is 12.2 Å². The van der Waals surface area contributed by atoms with Crippen LogP contribution in [-0.2, 0) is 9.59 Å². The molecule has 0 bridgehead atoms. The normalized spacial score (nSPS) is 10.5. The lowest BCUT2D eigenvalue weighted by atomic mass is 10.3. The number of amides is 2. The van der Waals surface area contributed by atoms with Crippen molar-refractivity contribution in [1.82, 2.24) is 10.2 Å². The van der Waals surface area contributed by atoms with Gasteiger partial charge in [-0.05, 0) is 63.2 Å². The summed E-state index contributed by atoms with van der Waals surface area (Å²) in [6.45, 7) is 7.89. The lowest BCUT2D eigenvalue weighted by Gasteiger charge is -2.20. The first kappa shape index (κ1) is 20.0. The number of nitrogens with zero attached hydrogens (tertiary/aromatic N) is 1. The molecule has 6 nitrogen and oxygen atoms in total. The van der Waals surface area contributed by atoms with Crippen molar-refractivity contribution in [2.45, 2.75) is 33.1 Å². The Morgan fingerprint density at radius 1 is 1.00 bits per heavy atom. The minimum atomic E-state index is -0.654. The van der Waals surface area contributed by atoms with Crippen molar-refractivity contribution in [3.05, 3.63) is 24.3 Å². The van der Waals surface area contributed by atoms with Gasteiger partial charge in [-0.15, -0.1) is 0 Å². The molecule has 1 rings (SSSR count). The van der Waals surface area contributed by atoms with Crippen LogP contribution in [0.3, 0.4) is 0 Å². The molecular formula is C18H29N3O3. The van der Waals surface area contributed by atoms with E-state index in [-0.39, 0.29) is 0 Å². The van der Waals surface area contributed by atoms with E-state index in [0.29, 0.717) is 18.0 Å². The van der Waals surface area contributed by atoms with Crippen LogP contribution < -0.4 is 15.4 Å². The van der Waals surface area contributed by atoms with Gasteiger partial charge in [0.25, 0.3) is 0 Å². The van der Waals surface area contributed by atoms with E-state index in [1.54, 1.807) is 31.4 Å². The number of hydrogen-bond acceptors (Lipinski definition) is 4. The van der Waals surface area contributed by atoms with Crippen molar-refractivity contribution in [3.63, 3.8) is 0 Å². The number of methoxy groups -OCH3 is 1. The molecule has 0 saturated heterocycles. The van der Waals surface area contributed by atoms with Crippen LogP contribution >= 0.6 is 0 Å². The SMILES string of the molecule is CCCN(CCC)CCCNC(=O)C(=O)Nc1ccc(OC)cc1. The Balaban J connectivity index is 2.29. The molecule has 0 radical (unpaired) electrons. The van der Waals surface area contributed by atoms with Crippen molar-refractivity contribution < 1.29 is 14.3 Å². The number of nitrogens with one attached hydrogen (secondary N) is 2. The summed E-state index contributed by atoms with van der Waals surface area (Å²) in [5.41, 5.74) is 0.563. The maximum absolute atomic E-state index is 11.8. The average Bonchev–Trinajstić information content (AvgIpc) is 2.59. The van der Waals surface area contributed by atoms with E-state index in [1.807, 2.05) is 0 Å². The number of anilines is 1. The average molecular weight is 335 g/mol. The monoisotopic (exact) mass is 335 g/mol. The third-order valence-electron chi connectivity index (χ3n) is 3.57. The Labute approximate surface area is 144 Å². The highest BCUT2D eigenvalue weighted by molar-refractivity contribution is 6.39. The highest BCUT2D eigenvalue weighted by atomic mass is 16.5. The van der Waals surface area contributed by atoms with Crippen LogP contribution in [0.5, 0.6) is 5.75 Å². The summed E-state index contributed by atoms with van der Waals surface area (Å²) in [6.07, 6.45) is 3.08. The Morgan fingerprint density at radius 3 is 2.17 bits per heavy atom. The molecule has 2 N–H and O–H groups in total. The number of benzene rings is 1. The Morgan fingerprint density at radius 2 is 1.62 bits per heavy atom. The van der Waals surface area contributed by atoms with Gasteiger partial charge in [-0.3, -0.25) is 9.59 Å². The van der Waals surface area contributed by atoms with E-state index in [2.05, 4.69) is 29.4 Å². The summed E-state index contributed by atoms with van der Waals surface area (Å²) in [5.74, 6) is -0.566. The highest BCUT2D eigenvalue weighted by Crippen LogP contribution is 2.14. The lowest BCUT2D eigenvalue weighted by molar-refractivity contribution is -0.136. The van der Waals surface area contributed by atoms with Crippen molar-refractivity contribution >= 4 is 17.5 Å². The van der Waals surface area contributed by atoms with E-state index >= 15 is 0 Å². The Hall–Kier alpha value is -2.08. The van der Waals surface area contributed by atoms with Gasteiger partial charge in [0.15, 0.2) is 0 Å². The zero-order valence-corrected chi connectivity index (χ0v) is 14.9. The van der Waals surface area contributed by atoms with Gasteiger partial charge in [-0.1, -0.05) is 13.8 Å².